The molecule has 0 radical (unpaired) electrons. The second kappa shape index (κ2) is 7.58. The topological polar surface area (TPSA) is 78.5 Å². The van der Waals surface area contributed by atoms with Gasteiger partial charge in [-0.2, -0.15) is 0 Å². The molecule has 0 saturated carbocycles. The molecule has 2 aromatic rings. The normalized spacial score (nSPS) is 16.5. The van der Waals surface area contributed by atoms with E-state index in [1.54, 1.807) is 60.5 Å². The lowest BCUT2D eigenvalue weighted by molar-refractivity contribution is -0.122. The maximum Gasteiger partial charge on any atom is 0.251 e. The molecule has 1 fully saturated rings. The minimum absolute atomic E-state index is 0.105. The van der Waals surface area contributed by atoms with Crippen LogP contribution in [0.5, 0.6) is 0 Å². The van der Waals surface area contributed by atoms with Gasteiger partial charge in [0.15, 0.2) is 0 Å². The Morgan fingerprint density at radius 2 is 1.88 bits per heavy atom. The zero-order valence-electron chi connectivity index (χ0n) is 14.2. The molecular formula is C19H18ClN3O3. The van der Waals surface area contributed by atoms with Crippen molar-refractivity contribution in [3.8, 4) is 0 Å². The van der Waals surface area contributed by atoms with Crippen molar-refractivity contribution >= 4 is 40.7 Å². The average molecular weight is 372 g/mol. The van der Waals surface area contributed by atoms with Gasteiger partial charge in [0.05, 0.1) is 5.92 Å². The summed E-state index contributed by atoms with van der Waals surface area (Å²) >= 11 is 5.87. The Kier molecular flexibility index (Phi) is 5.23. The van der Waals surface area contributed by atoms with Gasteiger partial charge in [-0.05, 0) is 42.5 Å². The number of anilines is 2. The van der Waals surface area contributed by atoms with E-state index in [1.165, 1.54) is 0 Å². The molecule has 1 saturated heterocycles. The van der Waals surface area contributed by atoms with E-state index in [0.29, 0.717) is 22.8 Å². The van der Waals surface area contributed by atoms with Gasteiger partial charge in [-0.15, -0.1) is 0 Å². The standard InChI is InChI=1S/C19H18ClN3O3/c1-21-18(25)12-3-2-4-15(9-12)22-19(26)13-10-17(24)23(11-13)16-7-5-14(20)6-8-16/h2-9,13H,10-11H2,1H3,(H,21,25)(H,22,26)/t13-/m1/s1. The molecule has 26 heavy (non-hydrogen) atoms. The molecule has 0 aromatic heterocycles. The summed E-state index contributed by atoms with van der Waals surface area (Å²) in [5, 5.41) is 5.91. The van der Waals surface area contributed by atoms with Crippen LogP contribution in [0.25, 0.3) is 0 Å². The Labute approximate surface area is 156 Å². The van der Waals surface area contributed by atoms with Crippen molar-refractivity contribution in [1.82, 2.24) is 5.32 Å². The SMILES string of the molecule is CNC(=O)c1cccc(NC(=O)[C@@H]2CC(=O)N(c3ccc(Cl)cc3)C2)c1. The highest BCUT2D eigenvalue weighted by Gasteiger charge is 2.35. The minimum atomic E-state index is -0.457. The fraction of sp³-hybridized carbons (Fsp3) is 0.211. The van der Waals surface area contributed by atoms with Crippen LogP contribution in [0, 0.1) is 5.92 Å². The van der Waals surface area contributed by atoms with Gasteiger partial charge >= 0.3 is 0 Å². The third-order valence-corrected chi connectivity index (χ3v) is 4.51. The molecule has 0 unspecified atom stereocenters. The number of carbonyl (C=O) groups excluding carboxylic acids is 3. The lowest BCUT2D eigenvalue weighted by Crippen LogP contribution is -2.28. The van der Waals surface area contributed by atoms with E-state index in [1.807, 2.05) is 0 Å². The van der Waals surface area contributed by atoms with Crippen LogP contribution in [-0.2, 0) is 9.59 Å². The first-order valence-electron chi connectivity index (χ1n) is 8.17. The van der Waals surface area contributed by atoms with Crippen LogP contribution in [0.1, 0.15) is 16.8 Å². The highest BCUT2D eigenvalue weighted by Crippen LogP contribution is 2.27. The van der Waals surface area contributed by atoms with Gasteiger partial charge in [-0.25, -0.2) is 0 Å². The molecule has 1 aliphatic rings. The molecule has 6 nitrogen and oxygen atoms in total. The number of hydrogen-bond acceptors (Lipinski definition) is 3. The van der Waals surface area contributed by atoms with Gasteiger partial charge in [0.1, 0.15) is 0 Å². The van der Waals surface area contributed by atoms with Crippen LogP contribution in [0.4, 0.5) is 11.4 Å². The molecule has 0 bridgehead atoms. The van der Waals surface area contributed by atoms with Gasteiger partial charge in [-0.3, -0.25) is 14.4 Å². The first-order chi connectivity index (χ1) is 12.5. The Morgan fingerprint density at radius 3 is 2.58 bits per heavy atom. The lowest BCUT2D eigenvalue weighted by Gasteiger charge is -2.17. The summed E-state index contributed by atoms with van der Waals surface area (Å²) in [5.74, 6) is -1.04. The number of nitrogens with one attached hydrogen (secondary N) is 2. The van der Waals surface area contributed by atoms with Crippen molar-refractivity contribution in [1.29, 1.82) is 0 Å². The number of nitrogens with zero attached hydrogens (tertiary/aromatic N) is 1. The van der Waals surface area contributed by atoms with E-state index in [-0.39, 0.29) is 24.1 Å². The van der Waals surface area contributed by atoms with E-state index < -0.39 is 5.92 Å². The maximum atomic E-state index is 12.5. The third kappa shape index (κ3) is 3.86. The van der Waals surface area contributed by atoms with Crippen LogP contribution < -0.4 is 15.5 Å². The fourth-order valence-electron chi connectivity index (χ4n) is 2.88. The first-order valence-corrected chi connectivity index (χ1v) is 8.54. The van der Waals surface area contributed by atoms with Gasteiger partial charge in [0.2, 0.25) is 11.8 Å². The summed E-state index contributed by atoms with van der Waals surface area (Å²) in [7, 11) is 1.54. The number of carbonyl (C=O) groups is 3. The van der Waals surface area contributed by atoms with Crippen molar-refractivity contribution in [2.24, 2.45) is 5.92 Å². The highest BCUT2D eigenvalue weighted by atomic mass is 35.5. The number of amides is 3. The number of halogens is 1. The minimum Gasteiger partial charge on any atom is -0.355 e. The molecule has 2 N–H and O–H groups in total. The summed E-state index contributed by atoms with van der Waals surface area (Å²) in [5.41, 5.74) is 1.69. The average Bonchev–Trinajstić information content (AvgIpc) is 3.04. The summed E-state index contributed by atoms with van der Waals surface area (Å²) < 4.78 is 0. The van der Waals surface area contributed by atoms with Crippen molar-refractivity contribution in [3.05, 3.63) is 59.1 Å². The molecule has 2 aromatic carbocycles. The van der Waals surface area contributed by atoms with Crippen LogP contribution in [0.15, 0.2) is 48.5 Å². The molecule has 0 aliphatic carbocycles. The Hall–Kier alpha value is -2.86. The van der Waals surface area contributed by atoms with Crippen molar-refractivity contribution < 1.29 is 14.4 Å². The number of rotatable bonds is 4. The molecule has 1 atom stereocenters. The van der Waals surface area contributed by atoms with Crippen LogP contribution in [0.2, 0.25) is 5.02 Å². The zero-order chi connectivity index (χ0) is 18.7. The van der Waals surface area contributed by atoms with Crippen molar-refractivity contribution in [2.75, 3.05) is 23.8 Å². The predicted octanol–water partition coefficient (Wildman–Crippen LogP) is 2.69. The van der Waals surface area contributed by atoms with Crippen LogP contribution in [0.3, 0.4) is 0 Å². The van der Waals surface area contributed by atoms with E-state index in [9.17, 15) is 14.4 Å². The van der Waals surface area contributed by atoms with E-state index >= 15 is 0 Å². The predicted molar refractivity (Wildman–Crippen MR) is 100 cm³/mol. The Balaban J connectivity index is 1.68. The van der Waals surface area contributed by atoms with E-state index in [4.69, 9.17) is 11.6 Å². The highest BCUT2D eigenvalue weighted by molar-refractivity contribution is 6.30. The van der Waals surface area contributed by atoms with Gasteiger partial charge in [-0.1, -0.05) is 17.7 Å². The molecule has 3 rings (SSSR count). The molecule has 0 spiro atoms. The van der Waals surface area contributed by atoms with Gasteiger partial charge in [0.25, 0.3) is 5.91 Å². The summed E-state index contributed by atoms with van der Waals surface area (Å²) in [6.45, 7) is 0.307. The lowest BCUT2D eigenvalue weighted by atomic mass is 10.1. The van der Waals surface area contributed by atoms with Crippen molar-refractivity contribution in [3.63, 3.8) is 0 Å². The monoisotopic (exact) mass is 371 g/mol. The fourth-order valence-corrected chi connectivity index (χ4v) is 3.01. The Bertz CT molecular complexity index is 851. The summed E-state index contributed by atoms with van der Waals surface area (Å²) in [4.78, 5) is 38.1. The zero-order valence-corrected chi connectivity index (χ0v) is 14.9. The number of benzene rings is 2. The third-order valence-electron chi connectivity index (χ3n) is 4.25. The molecule has 3 amide bonds. The maximum absolute atomic E-state index is 12.5. The summed E-state index contributed by atoms with van der Waals surface area (Å²) in [6, 6.07) is 13.6. The second-order valence-electron chi connectivity index (χ2n) is 6.03. The molecule has 134 valence electrons. The van der Waals surface area contributed by atoms with Gasteiger partial charge < -0.3 is 15.5 Å². The molecule has 1 heterocycles. The number of hydrogen-bond donors (Lipinski definition) is 2. The Morgan fingerprint density at radius 1 is 1.15 bits per heavy atom. The van der Waals surface area contributed by atoms with Gasteiger partial charge in [0, 0.05) is 42.0 Å². The van der Waals surface area contributed by atoms with Crippen molar-refractivity contribution in [2.45, 2.75) is 6.42 Å². The first kappa shape index (κ1) is 17.9. The van der Waals surface area contributed by atoms with Crippen LogP contribution in [-0.4, -0.2) is 31.3 Å². The quantitative estimate of drug-likeness (QED) is 0.867. The van der Waals surface area contributed by atoms with E-state index in [0.717, 1.165) is 5.69 Å². The second-order valence-corrected chi connectivity index (χ2v) is 6.47. The smallest absolute Gasteiger partial charge is 0.251 e. The molecule has 7 heteroatoms. The summed E-state index contributed by atoms with van der Waals surface area (Å²) in [6.07, 6.45) is 0.142. The van der Waals surface area contributed by atoms with E-state index in [2.05, 4.69) is 10.6 Å². The largest absolute Gasteiger partial charge is 0.355 e. The molecular weight excluding hydrogens is 354 g/mol. The van der Waals surface area contributed by atoms with Crippen LogP contribution >= 0.6 is 11.6 Å². The molecule has 1 aliphatic heterocycles.